The van der Waals surface area contributed by atoms with E-state index in [0.717, 1.165) is 44.2 Å². The number of carbonyl (C=O) groups excluding carboxylic acids is 1. The van der Waals surface area contributed by atoms with E-state index in [4.69, 9.17) is 21.3 Å². The average molecular weight is 525 g/mol. The number of benzene rings is 4. The number of pyridine rings is 1. The number of rotatable bonds is 7. The fourth-order valence-electron chi connectivity index (χ4n) is 4.71. The molecule has 0 aliphatic heterocycles. The smallest absolute Gasteiger partial charge is 0.326 e. The topological polar surface area (TPSA) is 88.5 Å². The number of methoxy groups -OCH3 is 1. The van der Waals surface area contributed by atoms with Crippen LogP contribution in [0, 0.1) is 6.92 Å². The number of hydrogen-bond donors (Lipinski definition) is 2. The quantitative estimate of drug-likeness (QED) is 0.255. The zero-order valence-electron chi connectivity index (χ0n) is 20.9. The van der Waals surface area contributed by atoms with Gasteiger partial charge in [-0.1, -0.05) is 66.2 Å². The molecule has 0 saturated heterocycles. The molecule has 190 valence electrons. The second-order valence-corrected chi connectivity index (χ2v) is 9.49. The zero-order valence-corrected chi connectivity index (χ0v) is 21.6. The monoisotopic (exact) mass is 524 g/mol. The van der Waals surface area contributed by atoms with Gasteiger partial charge in [-0.05, 0) is 59.2 Å². The molecular weight excluding hydrogens is 500 g/mol. The molecule has 4 aromatic carbocycles. The van der Waals surface area contributed by atoms with Gasteiger partial charge in [-0.25, -0.2) is 9.78 Å². The summed E-state index contributed by atoms with van der Waals surface area (Å²) in [4.78, 5) is 29.7. The number of carbonyl (C=O) groups is 2. The predicted molar refractivity (Wildman–Crippen MR) is 150 cm³/mol. The Balaban J connectivity index is 1.44. The second-order valence-electron chi connectivity index (χ2n) is 9.09. The van der Waals surface area contributed by atoms with Crippen molar-refractivity contribution in [1.29, 1.82) is 0 Å². The van der Waals surface area contributed by atoms with Crippen molar-refractivity contribution in [2.24, 2.45) is 0 Å². The molecule has 0 spiro atoms. The van der Waals surface area contributed by atoms with Crippen LogP contribution in [0.1, 0.15) is 21.5 Å². The molecule has 1 atom stereocenters. The summed E-state index contributed by atoms with van der Waals surface area (Å²) < 4.78 is 5.65. The highest BCUT2D eigenvalue weighted by atomic mass is 35.5. The SMILES string of the molecule is COc1ccc2ccccc2c1-c1ccc2cc(CC(NC(=O)c3c(C)cccc3Cl)C(=O)O)ccc2n1. The van der Waals surface area contributed by atoms with Crippen molar-refractivity contribution in [2.45, 2.75) is 19.4 Å². The van der Waals surface area contributed by atoms with Gasteiger partial charge in [0.1, 0.15) is 11.8 Å². The first-order valence-corrected chi connectivity index (χ1v) is 12.5. The van der Waals surface area contributed by atoms with E-state index in [0.29, 0.717) is 5.56 Å². The number of fused-ring (bicyclic) bond motifs is 2. The Kier molecular flexibility index (Phi) is 6.99. The standard InChI is InChI=1S/C31H25ClN2O4/c1-18-6-5-9-23(32)28(18)30(35)34-26(31(36)37)17-19-10-13-24-21(16-19)11-14-25(33-24)29-22-8-4-3-7-20(22)12-15-27(29)38-2/h3-16,26H,17H2,1-2H3,(H,34,35)(H,36,37). The number of nitrogens with one attached hydrogen (secondary N) is 1. The van der Waals surface area contributed by atoms with Gasteiger partial charge in [-0.2, -0.15) is 0 Å². The summed E-state index contributed by atoms with van der Waals surface area (Å²) in [5.74, 6) is -0.905. The normalized spacial score (nSPS) is 11.9. The molecule has 38 heavy (non-hydrogen) atoms. The van der Waals surface area contributed by atoms with Crippen LogP contribution in [0.5, 0.6) is 5.75 Å². The lowest BCUT2D eigenvalue weighted by Gasteiger charge is -2.17. The molecule has 6 nitrogen and oxygen atoms in total. The highest BCUT2D eigenvalue weighted by molar-refractivity contribution is 6.34. The van der Waals surface area contributed by atoms with Crippen molar-refractivity contribution < 1.29 is 19.4 Å². The highest BCUT2D eigenvalue weighted by Gasteiger charge is 2.23. The molecule has 5 aromatic rings. The summed E-state index contributed by atoms with van der Waals surface area (Å²) in [6, 6.07) is 25.5. The lowest BCUT2D eigenvalue weighted by atomic mass is 9.99. The van der Waals surface area contributed by atoms with Gasteiger partial charge in [0.05, 0.1) is 34.5 Å². The van der Waals surface area contributed by atoms with Crippen LogP contribution in [0.3, 0.4) is 0 Å². The zero-order chi connectivity index (χ0) is 26.8. The number of carboxylic acids is 1. The maximum atomic E-state index is 12.8. The number of aliphatic carboxylic acids is 1. The maximum absolute atomic E-state index is 12.8. The van der Waals surface area contributed by atoms with Crippen molar-refractivity contribution >= 4 is 45.2 Å². The van der Waals surface area contributed by atoms with Crippen LogP contribution in [0.2, 0.25) is 5.02 Å². The number of aryl methyl sites for hydroxylation is 1. The van der Waals surface area contributed by atoms with Crippen molar-refractivity contribution in [1.82, 2.24) is 10.3 Å². The van der Waals surface area contributed by atoms with Gasteiger partial charge in [-0.15, -0.1) is 0 Å². The van der Waals surface area contributed by atoms with Gasteiger partial charge in [-0.3, -0.25) is 4.79 Å². The Morgan fingerprint density at radius 3 is 2.53 bits per heavy atom. The molecule has 1 amide bonds. The van der Waals surface area contributed by atoms with Crippen molar-refractivity contribution in [3.8, 4) is 17.0 Å². The van der Waals surface area contributed by atoms with E-state index in [9.17, 15) is 14.7 Å². The number of halogens is 1. The van der Waals surface area contributed by atoms with Gasteiger partial charge in [0.25, 0.3) is 5.91 Å². The number of amides is 1. The van der Waals surface area contributed by atoms with Crippen LogP contribution in [-0.4, -0.2) is 35.1 Å². The van der Waals surface area contributed by atoms with E-state index >= 15 is 0 Å². The first kappa shape index (κ1) is 25.2. The molecule has 0 radical (unpaired) electrons. The Morgan fingerprint density at radius 2 is 1.76 bits per heavy atom. The molecule has 1 aromatic heterocycles. The summed E-state index contributed by atoms with van der Waals surface area (Å²) >= 11 is 6.20. The molecule has 5 rings (SSSR count). The van der Waals surface area contributed by atoms with Crippen molar-refractivity contribution in [3.05, 3.63) is 107 Å². The lowest BCUT2D eigenvalue weighted by Crippen LogP contribution is -2.42. The van der Waals surface area contributed by atoms with Crippen LogP contribution in [0.25, 0.3) is 32.9 Å². The van der Waals surface area contributed by atoms with E-state index in [2.05, 4.69) is 11.4 Å². The molecule has 0 aliphatic carbocycles. The number of ether oxygens (including phenoxy) is 1. The van der Waals surface area contributed by atoms with Gasteiger partial charge in [0, 0.05) is 11.8 Å². The molecule has 2 N–H and O–H groups in total. The molecule has 1 heterocycles. The lowest BCUT2D eigenvalue weighted by molar-refractivity contribution is -0.139. The van der Waals surface area contributed by atoms with Gasteiger partial charge in [0.15, 0.2) is 0 Å². The first-order valence-electron chi connectivity index (χ1n) is 12.1. The summed E-state index contributed by atoms with van der Waals surface area (Å²) in [6.45, 7) is 1.76. The van der Waals surface area contributed by atoms with Gasteiger partial charge >= 0.3 is 5.97 Å². The Bertz CT molecular complexity index is 1680. The van der Waals surface area contributed by atoms with Crippen LogP contribution in [-0.2, 0) is 11.2 Å². The highest BCUT2D eigenvalue weighted by Crippen LogP contribution is 2.36. The number of nitrogens with zero attached hydrogens (tertiary/aromatic N) is 1. The first-order chi connectivity index (χ1) is 18.4. The molecule has 0 aliphatic rings. The minimum Gasteiger partial charge on any atom is -0.496 e. The fourth-order valence-corrected chi connectivity index (χ4v) is 5.02. The molecule has 0 saturated carbocycles. The molecule has 0 fully saturated rings. The molecule has 7 heteroatoms. The summed E-state index contributed by atoms with van der Waals surface area (Å²) in [6.07, 6.45) is 0.111. The molecular formula is C31H25ClN2O4. The Labute approximate surface area is 224 Å². The largest absolute Gasteiger partial charge is 0.496 e. The minimum atomic E-state index is -1.13. The summed E-state index contributed by atoms with van der Waals surface area (Å²) in [5.41, 5.74) is 4.18. The van der Waals surface area contributed by atoms with E-state index < -0.39 is 17.9 Å². The maximum Gasteiger partial charge on any atom is 0.326 e. The van der Waals surface area contributed by atoms with Crippen LogP contribution in [0.4, 0.5) is 0 Å². The van der Waals surface area contributed by atoms with Crippen LogP contribution >= 0.6 is 11.6 Å². The third-order valence-corrected chi connectivity index (χ3v) is 6.93. The second kappa shape index (κ2) is 10.5. The van der Waals surface area contributed by atoms with E-state index in [1.165, 1.54) is 0 Å². The average Bonchev–Trinajstić information content (AvgIpc) is 2.91. The number of aromatic nitrogens is 1. The Morgan fingerprint density at radius 1 is 0.974 bits per heavy atom. The van der Waals surface area contributed by atoms with E-state index in [1.54, 1.807) is 32.2 Å². The van der Waals surface area contributed by atoms with Crippen LogP contribution in [0.15, 0.2) is 84.9 Å². The van der Waals surface area contributed by atoms with E-state index in [-0.39, 0.29) is 17.0 Å². The van der Waals surface area contributed by atoms with Crippen molar-refractivity contribution in [2.75, 3.05) is 7.11 Å². The van der Waals surface area contributed by atoms with Gasteiger partial charge in [0.2, 0.25) is 0 Å². The van der Waals surface area contributed by atoms with E-state index in [1.807, 2.05) is 60.7 Å². The molecule has 0 bridgehead atoms. The third-order valence-electron chi connectivity index (χ3n) is 6.61. The fraction of sp³-hybridized carbons (Fsp3) is 0.129. The Hall–Kier alpha value is -4.42. The van der Waals surface area contributed by atoms with Crippen LogP contribution < -0.4 is 10.1 Å². The number of carboxylic acid groups (broad SMARTS) is 1. The van der Waals surface area contributed by atoms with Crippen molar-refractivity contribution in [3.63, 3.8) is 0 Å². The third kappa shape index (κ3) is 4.91. The summed E-state index contributed by atoms with van der Waals surface area (Å²) in [7, 11) is 1.64. The van der Waals surface area contributed by atoms with Gasteiger partial charge < -0.3 is 15.2 Å². The number of hydrogen-bond acceptors (Lipinski definition) is 4. The summed E-state index contributed by atoms with van der Waals surface area (Å²) in [5, 5.41) is 15.7. The predicted octanol–water partition coefficient (Wildman–Crippen LogP) is 6.45. The minimum absolute atomic E-state index is 0.111. The molecule has 1 unspecified atom stereocenters.